The fourth-order valence-electron chi connectivity index (χ4n) is 3.53. The second-order valence-electron chi connectivity index (χ2n) is 6.49. The summed E-state index contributed by atoms with van der Waals surface area (Å²) in [5.41, 5.74) is 1.51. The Hall–Kier alpha value is -2.25. The van der Waals surface area contributed by atoms with Gasteiger partial charge in [0.25, 0.3) is 0 Å². The Morgan fingerprint density at radius 2 is 2.00 bits per heavy atom. The summed E-state index contributed by atoms with van der Waals surface area (Å²) in [6, 6.07) is 9.49. The Morgan fingerprint density at radius 3 is 2.80 bits per heavy atom. The lowest BCUT2D eigenvalue weighted by Gasteiger charge is -2.17. The number of benzene rings is 1. The van der Waals surface area contributed by atoms with Crippen molar-refractivity contribution in [2.24, 2.45) is 7.05 Å². The van der Waals surface area contributed by atoms with E-state index in [4.69, 9.17) is 0 Å². The molecule has 1 aliphatic heterocycles. The molecule has 130 valence electrons. The van der Waals surface area contributed by atoms with Gasteiger partial charge in [-0.05, 0) is 18.1 Å². The first-order chi connectivity index (χ1) is 12.0. The van der Waals surface area contributed by atoms with E-state index in [1.807, 2.05) is 48.1 Å². The van der Waals surface area contributed by atoms with Gasteiger partial charge in [0.15, 0.2) is 0 Å². The zero-order chi connectivity index (χ0) is 17.4. The number of aryl methyl sites for hydroxylation is 1. The third-order valence-corrected chi connectivity index (χ3v) is 6.62. The summed E-state index contributed by atoms with van der Waals surface area (Å²) in [7, 11) is -1.44. The quantitative estimate of drug-likeness (QED) is 0.719. The first-order valence-corrected chi connectivity index (χ1v) is 9.93. The topological polar surface area (TPSA) is 68.1 Å². The molecule has 0 radical (unpaired) electrons. The largest absolute Gasteiger partial charge is 0.338 e. The smallest absolute Gasteiger partial charge is 0.218 e. The molecule has 3 aromatic rings. The van der Waals surface area contributed by atoms with Crippen LogP contribution in [0.15, 0.2) is 48.9 Å². The maximum absolute atomic E-state index is 12.9. The maximum Gasteiger partial charge on any atom is 0.218 e. The highest BCUT2D eigenvalue weighted by atomic mass is 32.2. The van der Waals surface area contributed by atoms with Crippen LogP contribution in [0.2, 0.25) is 0 Å². The van der Waals surface area contributed by atoms with Gasteiger partial charge in [-0.1, -0.05) is 24.3 Å². The Morgan fingerprint density at radius 1 is 1.16 bits per heavy atom. The number of hydrogen-bond acceptors (Lipinski definition) is 4. The van der Waals surface area contributed by atoms with Crippen molar-refractivity contribution in [3.8, 4) is 0 Å². The molecule has 7 heteroatoms. The molecule has 2 aromatic heterocycles. The first-order valence-electron chi connectivity index (χ1n) is 8.32. The van der Waals surface area contributed by atoms with E-state index >= 15 is 0 Å². The number of sulfonamides is 1. The third-order valence-electron chi connectivity index (χ3n) is 4.82. The van der Waals surface area contributed by atoms with E-state index in [2.05, 4.69) is 9.97 Å². The standard InChI is InChI=1S/C18H20N4O2S/c1-21-11-9-20-18(21)15-7-10-22(12-15)25(23,24)13-16-5-2-4-14-6-3-8-19-17(14)16/h2-6,8-9,11,15H,7,10,12-13H2,1H3. The average molecular weight is 356 g/mol. The van der Waals surface area contributed by atoms with Crippen molar-refractivity contribution in [3.05, 3.63) is 60.3 Å². The number of imidazole rings is 1. The van der Waals surface area contributed by atoms with E-state index in [9.17, 15) is 8.42 Å². The van der Waals surface area contributed by atoms with Gasteiger partial charge in [-0.3, -0.25) is 4.98 Å². The van der Waals surface area contributed by atoms with Crippen molar-refractivity contribution >= 4 is 20.9 Å². The number of aromatic nitrogens is 3. The lowest BCUT2D eigenvalue weighted by atomic mass is 10.1. The Labute approximate surface area is 147 Å². The second-order valence-corrected chi connectivity index (χ2v) is 8.46. The Balaban J connectivity index is 1.57. The highest BCUT2D eigenvalue weighted by molar-refractivity contribution is 7.88. The van der Waals surface area contributed by atoms with Crippen molar-refractivity contribution in [1.29, 1.82) is 0 Å². The molecule has 1 atom stereocenters. The van der Waals surface area contributed by atoms with Gasteiger partial charge in [0.05, 0.1) is 11.3 Å². The lowest BCUT2D eigenvalue weighted by Crippen LogP contribution is -2.30. The SMILES string of the molecule is Cn1ccnc1C1CCN(S(=O)(=O)Cc2cccc3cccnc23)C1. The van der Waals surface area contributed by atoms with E-state index in [0.29, 0.717) is 13.1 Å². The van der Waals surface area contributed by atoms with Crippen LogP contribution in [0.4, 0.5) is 0 Å². The van der Waals surface area contributed by atoms with Gasteiger partial charge < -0.3 is 4.57 Å². The van der Waals surface area contributed by atoms with E-state index in [0.717, 1.165) is 28.7 Å². The lowest BCUT2D eigenvalue weighted by molar-refractivity contribution is 0.469. The van der Waals surface area contributed by atoms with Gasteiger partial charge in [-0.15, -0.1) is 0 Å². The average Bonchev–Trinajstić information content (AvgIpc) is 3.24. The predicted octanol–water partition coefficient (Wildman–Crippen LogP) is 2.29. The van der Waals surface area contributed by atoms with Crippen LogP contribution in [0.5, 0.6) is 0 Å². The molecule has 25 heavy (non-hydrogen) atoms. The molecule has 0 N–H and O–H groups in total. The fraction of sp³-hybridized carbons (Fsp3) is 0.333. The molecule has 0 amide bonds. The monoisotopic (exact) mass is 356 g/mol. The van der Waals surface area contributed by atoms with Gasteiger partial charge in [0.2, 0.25) is 10.0 Å². The highest BCUT2D eigenvalue weighted by Crippen LogP contribution is 2.29. The summed E-state index contributed by atoms with van der Waals surface area (Å²) < 4.78 is 29.4. The molecule has 3 heterocycles. The van der Waals surface area contributed by atoms with Crippen molar-refractivity contribution in [2.75, 3.05) is 13.1 Å². The van der Waals surface area contributed by atoms with E-state index in [1.165, 1.54) is 0 Å². The van der Waals surface area contributed by atoms with Crippen LogP contribution in [0.1, 0.15) is 23.7 Å². The summed E-state index contributed by atoms with van der Waals surface area (Å²) in [4.78, 5) is 8.73. The van der Waals surface area contributed by atoms with E-state index < -0.39 is 10.0 Å². The number of para-hydroxylation sites is 1. The second kappa shape index (κ2) is 6.24. The van der Waals surface area contributed by atoms with Crippen LogP contribution < -0.4 is 0 Å². The molecule has 1 aromatic carbocycles. The summed E-state index contributed by atoms with van der Waals surface area (Å²) >= 11 is 0. The number of fused-ring (bicyclic) bond motifs is 1. The third kappa shape index (κ3) is 3.05. The molecular weight excluding hydrogens is 336 g/mol. The van der Waals surface area contributed by atoms with Crippen LogP contribution in [0, 0.1) is 0 Å². The van der Waals surface area contributed by atoms with Gasteiger partial charge in [-0.2, -0.15) is 0 Å². The zero-order valence-corrected chi connectivity index (χ0v) is 14.9. The van der Waals surface area contributed by atoms with Crippen molar-refractivity contribution in [2.45, 2.75) is 18.1 Å². The Kier molecular flexibility index (Phi) is 4.05. The zero-order valence-electron chi connectivity index (χ0n) is 14.0. The van der Waals surface area contributed by atoms with Crippen LogP contribution >= 0.6 is 0 Å². The van der Waals surface area contributed by atoms with Crippen LogP contribution in [0.25, 0.3) is 10.9 Å². The molecule has 6 nitrogen and oxygen atoms in total. The van der Waals surface area contributed by atoms with Crippen LogP contribution in [-0.2, 0) is 22.8 Å². The van der Waals surface area contributed by atoms with Gasteiger partial charge in [-0.25, -0.2) is 17.7 Å². The summed E-state index contributed by atoms with van der Waals surface area (Å²) in [5.74, 6) is 1.08. The summed E-state index contributed by atoms with van der Waals surface area (Å²) in [6.07, 6.45) is 6.16. The normalized spacial score (nSPS) is 18.8. The number of hydrogen-bond donors (Lipinski definition) is 0. The first kappa shape index (κ1) is 16.2. The Bertz CT molecular complexity index is 1010. The minimum atomic E-state index is -3.39. The molecule has 1 aliphatic rings. The maximum atomic E-state index is 12.9. The van der Waals surface area contributed by atoms with E-state index in [1.54, 1.807) is 16.7 Å². The molecule has 0 saturated carbocycles. The molecule has 0 bridgehead atoms. The number of rotatable bonds is 4. The predicted molar refractivity (Wildman–Crippen MR) is 96.5 cm³/mol. The van der Waals surface area contributed by atoms with Crippen molar-refractivity contribution < 1.29 is 8.42 Å². The number of nitrogens with zero attached hydrogens (tertiary/aromatic N) is 4. The van der Waals surface area contributed by atoms with Crippen molar-refractivity contribution in [3.63, 3.8) is 0 Å². The minimum Gasteiger partial charge on any atom is -0.338 e. The van der Waals surface area contributed by atoms with Crippen molar-refractivity contribution in [1.82, 2.24) is 18.8 Å². The van der Waals surface area contributed by atoms with Gasteiger partial charge in [0.1, 0.15) is 5.82 Å². The van der Waals surface area contributed by atoms with Gasteiger partial charge >= 0.3 is 0 Å². The number of pyridine rings is 1. The molecule has 1 unspecified atom stereocenters. The van der Waals surface area contributed by atoms with Crippen LogP contribution in [-0.4, -0.2) is 40.3 Å². The minimum absolute atomic E-state index is 0.0192. The van der Waals surface area contributed by atoms with E-state index in [-0.39, 0.29) is 11.7 Å². The molecule has 0 spiro atoms. The summed E-state index contributed by atoms with van der Waals surface area (Å²) in [6.45, 7) is 1.03. The highest BCUT2D eigenvalue weighted by Gasteiger charge is 2.34. The van der Waals surface area contributed by atoms with Crippen LogP contribution in [0.3, 0.4) is 0 Å². The van der Waals surface area contributed by atoms with Gasteiger partial charge in [0, 0.05) is 50.0 Å². The fourth-order valence-corrected chi connectivity index (χ4v) is 5.13. The molecule has 0 aliphatic carbocycles. The molecule has 1 fully saturated rings. The molecule has 4 rings (SSSR count). The molecule has 1 saturated heterocycles. The summed E-state index contributed by atoms with van der Waals surface area (Å²) in [5, 5.41) is 0.961. The molecular formula is C18H20N4O2S.